The molecule has 4 aromatic rings. The molecule has 0 bridgehead atoms. The number of benzene rings is 4. The SMILES string of the molecule is CC(C)Oc1cccc2c1Sc1cccc(F)c1C=C2OP(=O)([O-])OC1=Cc2c(F)cccc2Sc2c(OC(C)C)cccc21.[Na+]. The van der Waals surface area contributed by atoms with Crippen LogP contribution >= 0.6 is 31.3 Å². The summed E-state index contributed by atoms with van der Waals surface area (Å²) >= 11 is 2.49. The van der Waals surface area contributed by atoms with Gasteiger partial charge in [-0.05, 0) is 88.4 Å². The first-order valence-electron chi connectivity index (χ1n) is 14.2. The number of phosphoric ester groups is 1. The van der Waals surface area contributed by atoms with Gasteiger partial charge in [0, 0.05) is 32.0 Å². The molecule has 0 saturated carbocycles. The van der Waals surface area contributed by atoms with Crippen LogP contribution in [0.5, 0.6) is 11.5 Å². The first-order chi connectivity index (χ1) is 21.5. The summed E-state index contributed by atoms with van der Waals surface area (Å²) in [6, 6.07) is 19.5. The van der Waals surface area contributed by atoms with Crippen molar-refractivity contribution in [3.8, 4) is 11.5 Å². The molecule has 2 aliphatic rings. The molecule has 6 rings (SSSR count). The van der Waals surface area contributed by atoms with Crippen molar-refractivity contribution >= 4 is 55.0 Å². The predicted octanol–water partition coefficient (Wildman–Crippen LogP) is 6.67. The largest absolute Gasteiger partial charge is 1.00 e. The molecule has 232 valence electrons. The number of hydrogen-bond acceptors (Lipinski definition) is 8. The van der Waals surface area contributed by atoms with Gasteiger partial charge in [0.05, 0.1) is 22.0 Å². The van der Waals surface area contributed by atoms with Crippen LogP contribution in [0, 0.1) is 11.6 Å². The molecule has 46 heavy (non-hydrogen) atoms. The molecule has 0 radical (unpaired) electrons. The van der Waals surface area contributed by atoms with Gasteiger partial charge in [0.1, 0.15) is 34.7 Å². The molecule has 0 aromatic heterocycles. The van der Waals surface area contributed by atoms with Gasteiger partial charge in [-0.15, -0.1) is 0 Å². The topological polar surface area (TPSA) is 77.1 Å². The average Bonchev–Trinajstić information content (AvgIpc) is 3.22. The van der Waals surface area contributed by atoms with Crippen LogP contribution in [0.4, 0.5) is 8.78 Å². The van der Waals surface area contributed by atoms with Crippen molar-refractivity contribution in [1.82, 2.24) is 0 Å². The number of hydrogen-bond donors (Lipinski definition) is 0. The van der Waals surface area contributed by atoms with Crippen LogP contribution in [-0.2, 0) is 13.6 Å². The fourth-order valence-corrected chi connectivity index (χ4v) is 7.94. The number of halogens is 2. The molecule has 0 aliphatic carbocycles. The van der Waals surface area contributed by atoms with E-state index in [1.807, 2.05) is 27.7 Å². The summed E-state index contributed by atoms with van der Waals surface area (Å²) in [5.74, 6) is -0.429. The molecule has 0 spiro atoms. The van der Waals surface area contributed by atoms with E-state index in [2.05, 4.69) is 0 Å². The van der Waals surface area contributed by atoms with Gasteiger partial charge in [-0.25, -0.2) is 13.3 Å². The van der Waals surface area contributed by atoms with E-state index in [9.17, 15) is 9.46 Å². The summed E-state index contributed by atoms with van der Waals surface area (Å²) < 4.78 is 67.3. The van der Waals surface area contributed by atoms with Crippen molar-refractivity contribution in [3.05, 3.63) is 107 Å². The first kappa shape index (κ1) is 34.6. The van der Waals surface area contributed by atoms with Crippen molar-refractivity contribution in [2.45, 2.75) is 59.5 Å². The second-order valence-electron chi connectivity index (χ2n) is 10.8. The number of rotatable bonds is 8. The van der Waals surface area contributed by atoms with Crippen molar-refractivity contribution < 1.29 is 66.3 Å². The van der Waals surface area contributed by atoms with Crippen LogP contribution < -0.4 is 43.9 Å². The Morgan fingerprint density at radius 2 is 1.04 bits per heavy atom. The van der Waals surface area contributed by atoms with Crippen LogP contribution in [0.3, 0.4) is 0 Å². The standard InChI is InChI=1S/C34H29F2O6PS2.Na/c1-19(2)39-27-13-5-9-21-29(17-23-25(35)11-7-15-31(23)44-33(21)27)41-43(37,38)42-30-18-24-26(36)12-8-16-32(24)45-34-22(30)10-6-14-28(34)40-20(3)4;/h5-20H,1-4H3,(H,37,38);/q;+1/p-1. The normalized spacial score (nSPS) is 13.5. The zero-order valence-corrected chi connectivity index (χ0v) is 30.2. The summed E-state index contributed by atoms with van der Waals surface area (Å²) in [6.45, 7) is 7.49. The van der Waals surface area contributed by atoms with Crippen molar-refractivity contribution in [3.63, 3.8) is 0 Å². The Balaban J connectivity index is 0.00000417. The minimum absolute atomic E-state index is 0. The van der Waals surface area contributed by atoms with E-state index in [0.29, 0.717) is 42.2 Å². The second kappa shape index (κ2) is 14.2. The third-order valence-corrected chi connectivity index (χ3v) is 9.88. The number of ether oxygens (including phenoxy) is 2. The van der Waals surface area contributed by atoms with Gasteiger partial charge in [0.25, 0.3) is 0 Å². The fraction of sp³-hybridized carbons (Fsp3) is 0.176. The van der Waals surface area contributed by atoms with Gasteiger partial charge in [0.15, 0.2) is 0 Å². The molecule has 2 heterocycles. The van der Waals surface area contributed by atoms with Gasteiger partial charge in [-0.1, -0.05) is 47.8 Å². The van der Waals surface area contributed by atoms with Gasteiger partial charge in [-0.2, -0.15) is 0 Å². The summed E-state index contributed by atoms with van der Waals surface area (Å²) in [5, 5.41) is 0. The van der Waals surface area contributed by atoms with E-state index in [0.717, 1.165) is 0 Å². The third kappa shape index (κ3) is 7.39. The second-order valence-corrected chi connectivity index (χ2v) is 14.1. The van der Waals surface area contributed by atoms with Crippen LogP contribution in [0.15, 0.2) is 92.4 Å². The maximum absolute atomic E-state index is 15.1. The van der Waals surface area contributed by atoms with E-state index in [1.54, 1.807) is 60.7 Å². The minimum Gasteiger partial charge on any atom is -0.736 e. The third-order valence-electron chi connectivity index (χ3n) is 6.64. The van der Waals surface area contributed by atoms with Crippen LogP contribution in [0.2, 0.25) is 0 Å². The Morgan fingerprint density at radius 1 is 0.652 bits per heavy atom. The zero-order chi connectivity index (χ0) is 31.9. The predicted molar refractivity (Wildman–Crippen MR) is 171 cm³/mol. The first-order valence-corrected chi connectivity index (χ1v) is 17.2. The molecule has 0 amide bonds. The fourth-order valence-electron chi connectivity index (χ4n) is 4.86. The Labute approximate surface area is 297 Å². The molecule has 0 fully saturated rings. The van der Waals surface area contributed by atoms with Crippen molar-refractivity contribution in [1.29, 1.82) is 0 Å². The van der Waals surface area contributed by atoms with E-state index < -0.39 is 19.5 Å². The van der Waals surface area contributed by atoms with Gasteiger partial charge in [-0.3, -0.25) is 0 Å². The summed E-state index contributed by atoms with van der Waals surface area (Å²) in [5.41, 5.74) is 1.07. The molecule has 0 saturated heterocycles. The maximum Gasteiger partial charge on any atom is 1.00 e. The maximum atomic E-state index is 15.1. The molecule has 0 N–H and O–H groups in total. The monoisotopic (exact) mass is 688 g/mol. The molecule has 6 nitrogen and oxygen atoms in total. The molecule has 0 unspecified atom stereocenters. The van der Waals surface area contributed by atoms with E-state index in [-0.39, 0.29) is 64.4 Å². The molecule has 2 aliphatic heterocycles. The summed E-state index contributed by atoms with van der Waals surface area (Å²) in [6.07, 6.45) is 2.32. The Kier molecular flexibility index (Phi) is 10.7. The van der Waals surface area contributed by atoms with Crippen LogP contribution in [-0.4, -0.2) is 12.2 Å². The molecular weight excluding hydrogens is 660 g/mol. The Bertz CT molecular complexity index is 1780. The van der Waals surface area contributed by atoms with Crippen molar-refractivity contribution in [2.75, 3.05) is 0 Å². The Morgan fingerprint density at radius 3 is 1.43 bits per heavy atom. The van der Waals surface area contributed by atoms with Gasteiger partial charge >= 0.3 is 37.4 Å². The van der Waals surface area contributed by atoms with Gasteiger partial charge in [0.2, 0.25) is 0 Å². The number of phosphoric acid groups is 1. The van der Waals surface area contributed by atoms with E-state index in [1.165, 1.54) is 47.8 Å². The quantitative estimate of drug-likeness (QED) is 0.150. The number of fused-ring (bicyclic) bond motifs is 4. The average molecular weight is 689 g/mol. The molecule has 0 atom stereocenters. The van der Waals surface area contributed by atoms with Crippen LogP contribution in [0.25, 0.3) is 23.7 Å². The van der Waals surface area contributed by atoms with E-state index in [4.69, 9.17) is 18.5 Å². The Hall–Kier alpha value is -2.69. The molecule has 12 heteroatoms. The summed E-state index contributed by atoms with van der Waals surface area (Å²) in [4.78, 5) is 16.0. The summed E-state index contributed by atoms with van der Waals surface area (Å²) in [7, 11) is -5.25. The van der Waals surface area contributed by atoms with Gasteiger partial charge < -0.3 is 23.4 Å². The van der Waals surface area contributed by atoms with Crippen LogP contribution in [0.1, 0.15) is 49.9 Å². The molecule has 4 aromatic carbocycles. The smallest absolute Gasteiger partial charge is 0.736 e. The van der Waals surface area contributed by atoms with Crippen molar-refractivity contribution in [2.24, 2.45) is 0 Å². The molecular formula is C34H28F2NaO6PS2. The van der Waals surface area contributed by atoms with E-state index >= 15 is 8.78 Å². The minimum atomic E-state index is -5.25. The zero-order valence-electron chi connectivity index (χ0n) is 25.7.